The third kappa shape index (κ3) is 4.42. The molecule has 0 fully saturated rings. The minimum absolute atomic E-state index is 0.0112. The van der Waals surface area contributed by atoms with Crippen LogP contribution in [0.5, 0.6) is 11.5 Å². The minimum Gasteiger partial charge on any atom is -0.504 e. The summed E-state index contributed by atoms with van der Waals surface area (Å²) in [7, 11) is 1.47. The van der Waals surface area contributed by atoms with E-state index in [2.05, 4.69) is 36.0 Å². The summed E-state index contributed by atoms with van der Waals surface area (Å²) in [5, 5.41) is 10.7. The summed E-state index contributed by atoms with van der Waals surface area (Å²) in [5.74, 6) is 1.30. The van der Waals surface area contributed by atoms with Gasteiger partial charge in [0.25, 0.3) is 0 Å². The molecule has 1 aromatic heterocycles. The van der Waals surface area contributed by atoms with Gasteiger partial charge < -0.3 is 14.3 Å². The Kier molecular flexibility index (Phi) is 5.96. The van der Waals surface area contributed by atoms with Crippen LogP contribution in [0, 0.1) is 0 Å². The van der Waals surface area contributed by atoms with E-state index in [1.54, 1.807) is 18.3 Å². The molecule has 0 saturated carbocycles. The smallest absolute Gasteiger partial charge is 0.227 e. The lowest BCUT2D eigenvalue weighted by atomic mass is 9.98. The fourth-order valence-corrected chi connectivity index (χ4v) is 3.54. The number of benzene rings is 3. The number of ether oxygens (including phenoxy) is 1. The summed E-state index contributed by atoms with van der Waals surface area (Å²) in [4.78, 5) is 9.15. The lowest BCUT2D eigenvalue weighted by molar-refractivity contribution is 0.373. The van der Waals surface area contributed by atoms with Crippen molar-refractivity contribution in [1.29, 1.82) is 0 Å². The van der Waals surface area contributed by atoms with Gasteiger partial charge >= 0.3 is 0 Å². The highest BCUT2D eigenvalue weighted by Crippen LogP contribution is 2.33. The van der Waals surface area contributed by atoms with Crippen LogP contribution in [0.3, 0.4) is 0 Å². The number of halogens is 1. The van der Waals surface area contributed by atoms with Crippen LogP contribution in [-0.4, -0.2) is 23.4 Å². The minimum atomic E-state index is -0.0112. The van der Waals surface area contributed by atoms with Crippen molar-refractivity contribution in [1.82, 2.24) is 4.98 Å². The molecule has 1 heterocycles. The number of fused-ring (bicyclic) bond motifs is 1. The lowest BCUT2D eigenvalue weighted by Crippen LogP contribution is -1.90. The molecule has 1 N–H and O–H groups in total. The number of nitrogens with zero attached hydrogens (tertiary/aromatic N) is 2. The number of hydrogen-bond acceptors (Lipinski definition) is 5. The van der Waals surface area contributed by atoms with Crippen molar-refractivity contribution in [3.63, 3.8) is 0 Å². The molecule has 31 heavy (non-hydrogen) atoms. The first-order chi connectivity index (χ1) is 15.0. The van der Waals surface area contributed by atoms with E-state index in [-0.39, 0.29) is 5.75 Å². The molecule has 0 saturated heterocycles. The van der Waals surface area contributed by atoms with E-state index >= 15 is 0 Å². The Balaban J connectivity index is 1.65. The van der Waals surface area contributed by atoms with E-state index < -0.39 is 0 Å². The summed E-state index contributed by atoms with van der Waals surface area (Å²) < 4.78 is 11.1. The molecule has 4 aromatic rings. The predicted molar refractivity (Wildman–Crippen MR) is 125 cm³/mol. The predicted octanol–water partition coefficient (Wildman–Crippen LogP) is 7.13. The van der Waals surface area contributed by atoms with Crippen molar-refractivity contribution < 1.29 is 14.3 Å². The Morgan fingerprint density at radius 1 is 1.19 bits per heavy atom. The lowest BCUT2D eigenvalue weighted by Gasteiger charge is -2.07. The summed E-state index contributed by atoms with van der Waals surface area (Å²) in [6.45, 7) is 4.38. The van der Waals surface area contributed by atoms with E-state index in [4.69, 9.17) is 20.8 Å². The highest BCUT2D eigenvalue weighted by atomic mass is 35.5. The van der Waals surface area contributed by atoms with Gasteiger partial charge in [0, 0.05) is 28.4 Å². The van der Waals surface area contributed by atoms with E-state index in [0.717, 1.165) is 23.1 Å². The fourth-order valence-electron chi connectivity index (χ4n) is 3.32. The summed E-state index contributed by atoms with van der Waals surface area (Å²) in [5.41, 5.74) is 4.84. The van der Waals surface area contributed by atoms with Gasteiger partial charge in [-0.2, -0.15) is 0 Å². The number of aromatic nitrogens is 1. The molecule has 1 unspecified atom stereocenters. The number of phenolic OH excluding ortho intramolecular Hbond substituents is 1. The molecule has 0 spiro atoms. The molecular formula is C25H23ClN2O3. The van der Waals surface area contributed by atoms with Gasteiger partial charge in [0.05, 0.1) is 12.8 Å². The third-order valence-corrected chi connectivity index (χ3v) is 5.55. The van der Waals surface area contributed by atoms with Crippen LogP contribution in [0.1, 0.15) is 37.3 Å². The van der Waals surface area contributed by atoms with Gasteiger partial charge in [0.1, 0.15) is 5.52 Å². The molecule has 0 aliphatic rings. The van der Waals surface area contributed by atoms with Crippen LogP contribution in [0.15, 0.2) is 64.0 Å². The molecule has 158 valence electrons. The first-order valence-electron chi connectivity index (χ1n) is 10.1. The number of aromatic hydroxyl groups is 1. The summed E-state index contributed by atoms with van der Waals surface area (Å²) >= 11 is 6.09. The van der Waals surface area contributed by atoms with E-state index in [9.17, 15) is 5.11 Å². The zero-order valence-corrected chi connectivity index (χ0v) is 18.3. The van der Waals surface area contributed by atoms with Crippen molar-refractivity contribution >= 4 is 34.6 Å². The fraction of sp³-hybridized carbons (Fsp3) is 0.200. The third-order valence-electron chi connectivity index (χ3n) is 5.33. The molecule has 0 aliphatic carbocycles. The Morgan fingerprint density at radius 2 is 2.03 bits per heavy atom. The highest BCUT2D eigenvalue weighted by molar-refractivity contribution is 6.31. The van der Waals surface area contributed by atoms with Gasteiger partial charge in [-0.05, 0) is 54.3 Å². The maximum absolute atomic E-state index is 10.3. The highest BCUT2D eigenvalue weighted by Gasteiger charge is 2.12. The number of hydrogen-bond donors (Lipinski definition) is 1. The topological polar surface area (TPSA) is 67.9 Å². The molecule has 0 radical (unpaired) electrons. The Labute approximate surface area is 186 Å². The van der Waals surface area contributed by atoms with Crippen molar-refractivity contribution in [3.8, 4) is 23.0 Å². The second-order valence-electron chi connectivity index (χ2n) is 7.41. The molecule has 0 amide bonds. The molecule has 1 atom stereocenters. The first-order valence-corrected chi connectivity index (χ1v) is 10.5. The first kappa shape index (κ1) is 20.9. The van der Waals surface area contributed by atoms with E-state index in [0.29, 0.717) is 33.8 Å². The van der Waals surface area contributed by atoms with E-state index in [1.807, 2.05) is 30.3 Å². The van der Waals surface area contributed by atoms with Crippen LogP contribution < -0.4 is 4.74 Å². The largest absolute Gasteiger partial charge is 0.504 e. The Bertz CT molecular complexity index is 1260. The van der Waals surface area contributed by atoms with Gasteiger partial charge in [0.2, 0.25) is 5.89 Å². The van der Waals surface area contributed by atoms with Gasteiger partial charge in [-0.25, -0.2) is 4.98 Å². The Morgan fingerprint density at radius 3 is 2.81 bits per heavy atom. The maximum Gasteiger partial charge on any atom is 0.227 e. The zero-order chi connectivity index (χ0) is 22.0. The molecule has 0 aliphatic heterocycles. The maximum atomic E-state index is 10.3. The normalized spacial score (nSPS) is 12.5. The summed E-state index contributed by atoms with van der Waals surface area (Å²) in [6.07, 6.45) is 2.62. The molecule has 4 rings (SSSR count). The van der Waals surface area contributed by atoms with Gasteiger partial charge in [-0.1, -0.05) is 37.6 Å². The SMILES string of the molecule is CCC(C)c1ccc2oc(-c3cccc(N=Cc4cc(Cl)cc(OC)c4O)c3)nc2c1. The van der Waals surface area contributed by atoms with Gasteiger partial charge in [-0.15, -0.1) is 0 Å². The van der Waals surface area contributed by atoms with Gasteiger partial charge in [0.15, 0.2) is 17.1 Å². The van der Waals surface area contributed by atoms with Crippen LogP contribution in [0.2, 0.25) is 5.02 Å². The average Bonchev–Trinajstić information content (AvgIpc) is 3.22. The standard InChI is InChI=1S/C25H23ClN2O3/c1-4-15(2)16-8-9-22-21(12-16)28-25(31-22)17-6-5-7-20(11-17)27-14-18-10-19(26)13-23(30-3)24(18)29/h5-15,29H,4H2,1-3H3. The molecule has 6 heteroatoms. The number of rotatable bonds is 6. The van der Waals surface area contributed by atoms with Crippen LogP contribution in [-0.2, 0) is 0 Å². The van der Waals surface area contributed by atoms with Crippen molar-refractivity contribution in [2.45, 2.75) is 26.2 Å². The number of oxazole rings is 1. The Hall–Kier alpha value is -3.31. The average molecular weight is 435 g/mol. The zero-order valence-electron chi connectivity index (χ0n) is 17.6. The van der Waals surface area contributed by atoms with Crippen LogP contribution in [0.4, 0.5) is 5.69 Å². The van der Waals surface area contributed by atoms with Crippen molar-refractivity contribution in [2.24, 2.45) is 4.99 Å². The number of aliphatic imine (C=N–C) groups is 1. The molecule has 5 nitrogen and oxygen atoms in total. The second kappa shape index (κ2) is 8.82. The van der Waals surface area contributed by atoms with E-state index in [1.165, 1.54) is 12.7 Å². The van der Waals surface area contributed by atoms with Crippen LogP contribution in [0.25, 0.3) is 22.6 Å². The number of phenols is 1. The molecular weight excluding hydrogens is 412 g/mol. The van der Waals surface area contributed by atoms with Crippen molar-refractivity contribution in [3.05, 3.63) is 70.7 Å². The van der Waals surface area contributed by atoms with Gasteiger partial charge in [-0.3, -0.25) is 4.99 Å². The molecule has 3 aromatic carbocycles. The van der Waals surface area contributed by atoms with Crippen molar-refractivity contribution in [2.75, 3.05) is 7.11 Å². The quantitative estimate of drug-likeness (QED) is 0.328. The van der Waals surface area contributed by atoms with Crippen LogP contribution >= 0.6 is 11.6 Å². The molecule has 0 bridgehead atoms. The number of methoxy groups -OCH3 is 1. The monoisotopic (exact) mass is 434 g/mol. The summed E-state index contributed by atoms with van der Waals surface area (Å²) in [6, 6.07) is 16.9. The second-order valence-corrected chi connectivity index (χ2v) is 7.85.